The first-order chi connectivity index (χ1) is 10.1. The monoisotopic (exact) mass is 289 g/mol. The second-order valence-corrected chi connectivity index (χ2v) is 5.72. The van der Waals surface area contributed by atoms with Gasteiger partial charge >= 0.3 is 5.97 Å². The molecule has 0 aromatic heterocycles. The van der Waals surface area contributed by atoms with Crippen molar-refractivity contribution in [3.63, 3.8) is 0 Å². The number of anilines is 1. The Balaban J connectivity index is 1.86. The summed E-state index contributed by atoms with van der Waals surface area (Å²) in [6.45, 7) is 0.348. The summed E-state index contributed by atoms with van der Waals surface area (Å²) in [6.07, 6.45) is 2.44. The van der Waals surface area contributed by atoms with Crippen molar-refractivity contribution < 1.29 is 19.4 Å². The van der Waals surface area contributed by atoms with E-state index in [1.54, 1.807) is 4.90 Å². The highest BCUT2D eigenvalue weighted by molar-refractivity contribution is 5.99. The standard InChI is InChI=1S/C16H19NO4/c1-21-16(20)11-7-15(19)17(9-11)12-6-5-10-3-2-4-14(18)13(10)8-12/h5-6,8,11,14,18H,2-4,7,9H2,1H3. The highest BCUT2D eigenvalue weighted by atomic mass is 16.5. The smallest absolute Gasteiger partial charge is 0.311 e. The van der Waals surface area contributed by atoms with Crippen molar-refractivity contribution in [3.05, 3.63) is 29.3 Å². The van der Waals surface area contributed by atoms with Crippen LogP contribution in [-0.4, -0.2) is 30.6 Å². The SMILES string of the molecule is COC(=O)C1CC(=O)N(c2ccc3c(c2)C(O)CCC3)C1. The van der Waals surface area contributed by atoms with Crippen LogP contribution in [0.3, 0.4) is 0 Å². The van der Waals surface area contributed by atoms with Gasteiger partial charge in [0.2, 0.25) is 5.91 Å². The predicted octanol–water partition coefficient (Wildman–Crippen LogP) is 1.58. The fourth-order valence-electron chi connectivity index (χ4n) is 3.21. The van der Waals surface area contributed by atoms with Crippen molar-refractivity contribution in [1.82, 2.24) is 0 Å². The lowest BCUT2D eigenvalue weighted by Gasteiger charge is -2.24. The number of esters is 1. The van der Waals surface area contributed by atoms with Crippen LogP contribution in [0.4, 0.5) is 5.69 Å². The molecular formula is C16H19NO4. The Labute approximate surface area is 123 Å². The summed E-state index contributed by atoms with van der Waals surface area (Å²) in [6, 6.07) is 5.76. The summed E-state index contributed by atoms with van der Waals surface area (Å²) in [5, 5.41) is 10.1. The number of fused-ring (bicyclic) bond motifs is 1. The molecule has 1 amide bonds. The van der Waals surface area contributed by atoms with Gasteiger partial charge in [-0.15, -0.1) is 0 Å². The van der Waals surface area contributed by atoms with E-state index in [1.165, 1.54) is 7.11 Å². The van der Waals surface area contributed by atoms with Crippen LogP contribution in [0.25, 0.3) is 0 Å². The van der Waals surface area contributed by atoms with Gasteiger partial charge in [0.25, 0.3) is 0 Å². The Morgan fingerprint density at radius 2 is 2.24 bits per heavy atom. The number of ether oxygens (including phenoxy) is 1. The van der Waals surface area contributed by atoms with Gasteiger partial charge in [0.15, 0.2) is 0 Å². The highest BCUT2D eigenvalue weighted by Crippen LogP contribution is 2.34. The normalized spacial score (nSPS) is 24.9. The number of hydrogen-bond donors (Lipinski definition) is 1. The molecule has 3 rings (SSSR count). The lowest BCUT2D eigenvalue weighted by atomic mass is 9.89. The van der Waals surface area contributed by atoms with E-state index >= 15 is 0 Å². The fraction of sp³-hybridized carbons (Fsp3) is 0.500. The average Bonchev–Trinajstić information content (AvgIpc) is 2.88. The third kappa shape index (κ3) is 2.53. The van der Waals surface area contributed by atoms with Gasteiger partial charge in [-0.3, -0.25) is 9.59 Å². The van der Waals surface area contributed by atoms with Gasteiger partial charge in [-0.05, 0) is 42.5 Å². The van der Waals surface area contributed by atoms with E-state index in [0.29, 0.717) is 6.54 Å². The van der Waals surface area contributed by atoms with Gasteiger partial charge in [0.05, 0.1) is 19.1 Å². The number of methoxy groups -OCH3 is 1. The molecule has 0 radical (unpaired) electrons. The molecule has 21 heavy (non-hydrogen) atoms. The zero-order valence-corrected chi connectivity index (χ0v) is 12.0. The molecule has 2 atom stereocenters. The molecule has 1 fully saturated rings. The number of aryl methyl sites for hydroxylation is 1. The fourth-order valence-corrected chi connectivity index (χ4v) is 3.21. The molecular weight excluding hydrogens is 270 g/mol. The molecule has 1 N–H and O–H groups in total. The minimum atomic E-state index is -0.456. The lowest BCUT2D eigenvalue weighted by Crippen LogP contribution is -2.26. The van der Waals surface area contributed by atoms with E-state index in [4.69, 9.17) is 4.74 Å². The first-order valence-corrected chi connectivity index (χ1v) is 7.29. The van der Waals surface area contributed by atoms with Crippen molar-refractivity contribution >= 4 is 17.6 Å². The summed E-state index contributed by atoms with van der Waals surface area (Å²) >= 11 is 0. The molecule has 2 aliphatic rings. The minimum Gasteiger partial charge on any atom is -0.469 e. The van der Waals surface area contributed by atoms with Crippen LogP contribution in [0, 0.1) is 5.92 Å². The first-order valence-electron chi connectivity index (χ1n) is 7.29. The molecule has 1 aromatic rings. The molecule has 0 spiro atoms. The predicted molar refractivity (Wildman–Crippen MR) is 76.8 cm³/mol. The van der Waals surface area contributed by atoms with Gasteiger partial charge in [-0.1, -0.05) is 6.07 Å². The molecule has 5 nitrogen and oxygen atoms in total. The molecule has 1 saturated heterocycles. The number of benzene rings is 1. The molecule has 1 heterocycles. The lowest BCUT2D eigenvalue weighted by molar-refractivity contribution is -0.145. The number of rotatable bonds is 2. The van der Waals surface area contributed by atoms with Crippen LogP contribution in [0.5, 0.6) is 0 Å². The molecule has 0 saturated carbocycles. The van der Waals surface area contributed by atoms with Gasteiger partial charge in [0.1, 0.15) is 0 Å². The number of amides is 1. The molecule has 1 aromatic carbocycles. The van der Waals surface area contributed by atoms with E-state index in [-0.39, 0.29) is 18.3 Å². The van der Waals surface area contributed by atoms with Crippen LogP contribution in [0.2, 0.25) is 0 Å². The molecule has 112 valence electrons. The van der Waals surface area contributed by atoms with Crippen LogP contribution in [0.1, 0.15) is 36.5 Å². The van der Waals surface area contributed by atoms with E-state index in [1.807, 2.05) is 18.2 Å². The molecule has 1 aliphatic carbocycles. The van der Waals surface area contributed by atoms with Gasteiger partial charge in [-0.2, -0.15) is 0 Å². The Hall–Kier alpha value is -1.88. The van der Waals surface area contributed by atoms with Crippen LogP contribution in [-0.2, 0) is 20.7 Å². The third-order valence-electron chi connectivity index (χ3n) is 4.38. The molecule has 2 unspecified atom stereocenters. The molecule has 5 heteroatoms. The summed E-state index contributed by atoms with van der Waals surface area (Å²) < 4.78 is 4.72. The topological polar surface area (TPSA) is 66.8 Å². The number of carbonyl (C=O) groups is 2. The maximum absolute atomic E-state index is 12.1. The Bertz CT molecular complexity index is 584. The zero-order valence-electron chi connectivity index (χ0n) is 12.0. The second-order valence-electron chi connectivity index (χ2n) is 5.72. The number of nitrogens with zero attached hydrogens (tertiary/aromatic N) is 1. The maximum Gasteiger partial charge on any atom is 0.311 e. The van der Waals surface area contributed by atoms with Gasteiger partial charge in [-0.25, -0.2) is 0 Å². The summed E-state index contributed by atoms with van der Waals surface area (Å²) in [5.41, 5.74) is 2.81. The third-order valence-corrected chi connectivity index (χ3v) is 4.38. The van der Waals surface area contributed by atoms with Crippen LogP contribution < -0.4 is 4.90 Å². The number of hydrogen-bond acceptors (Lipinski definition) is 4. The summed E-state index contributed by atoms with van der Waals surface area (Å²) in [5.74, 6) is -0.817. The maximum atomic E-state index is 12.1. The minimum absolute atomic E-state index is 0.0735. The van der Waals surface area contributed by atoms with Crippen molar-refractivity contribution in [1.29, 1.82) is 0 Å². The van der Waals surface area contributed by atoms with Crippen molar-refractivity contribution in [2.75, 3.05) is 18.6 Å². The van der Waals surface area contributed by atoms with Gasteiger partial charge < -0.3 is 14.7 Å². The molecule has 0 bridgehead atoms. The number of aliphatic hydroxyl groups is 1. The van der Waals surface area contributed by atoms with E-state index in [9.17, 15) is 14.7 Å². The largest absolute Gasteiger partial charge is 0.469 e. The van der Waals surface area contributed by atoms with E-state index in [0.717, 1.165) is 36.1 Å². The van der Waals surface area contributed by atoms with Crippen molar-refractivity contribution in [2.24, 2.45) is 5.92 Å². The average molecular weight is 289 g/mol. The number of carbonyl (C=O) groups excluding carboxylic acids is 2. The Morgan fingerprint density at radius 3 is 3.00 bits per heavy atom. The van der Waals surface area contributed by atoms with Crippen LogP contribution in [0.15, 0.2) is 18.2 Å². The first kappa shape index (κ1) is 14.1. The van der Waals surface area contributed by atoms with Crippen molar-refractivity contribution in [3.8, 4) is 0 Å². The molecule has 1 aliphatic heterocycles. The second kappa shape index (κ2) is 5.48. The highest BCUT2D eigenvalue weighted by Gasteiger charge is 2.36. The zero-order chi connectivity index (χ0) is 15.0. The Kier molecular flexibility index (Phi) is 3.68. The van der Waals surface area contributed by atoms with Crippen molar-refractivity contribution in [2.45, 2.75) is 31.8 Å². The van der Waals surface area contributed by atoms with E-state index in [2.05, 4.69) is 0 Å². The summed E-state index contributed by atoms with van der Waals surface area (Å²) in [7, 11) is 1.34. The summed E-state index contributed by atoms with van der Waals surface area (Å²) in [4.78, 5) is 25.3. The quantitative estimate of drug-likeness (QED) is 0.839. The van der Waals surface area contributed by atoms with E-state index < -0.39 is 12.0 Å². The number of aliphatic hydroxyl groups excluding tert-OH is 1. The van der Waals surface area contributed by atoms with Crippen LogP contribution >= 0.6 is 0 Å². The Morgan fingerprint density at radius 1 is 1.43 bits per heavy atom. The van der Waals surface area contributed by atoms with Gasteiger partial charge in [0, 0.05) is 18.7 Å².